The van der Waals surface area contributed by atoms with Crippen LogP contribution in [-0.4, -0.2) is 24.5 Å². The van der Waals surface area contributed by atoms with Crippen LogP contribution in [-0.2, 0) is 6.54 Å². The predicted octanol–water partition coefficient (Wildman–Crippen LogP) is 4.03. The Balaban J connectivity index is 1.58. The lowest BCUT2D eigenvalue weighted by molar-refractivity contribution is 0.209. The molecule has 2 aromatic heterocycles. The van der Waals surface area contributed by atoms with Gasteiger partial charge in [0, 0.05) is 27.8 Å². The van der Waals surface area contributed by atoms with Gasteiger partial charge in [-0.05, 0) is 60.1 Å². The fourth-order valence-electron chi connectivity index (χ4n) is 2.72. The molecule has 1 N–H and O–H groups in total. The van der Waals surface area contributed by atoms with Crippen molar-refractivity contribution in [1.29, 1.82) is 0 Å². The second-order valence-corrected chi connectivity index (χ2v) is 7.05. The number of hydrogen-bond acceptors (Lipinski definition) is 4. The van der Waals surface area contributed by atoms with Gasteiger partial charge >= 0.3 is 0 Å². The maximum Gasteiger partial charge on any atom is 0.122 e. The zero-order valence-corrected chi connectivity index (χ0v) is 13.8. The Morgan fingerprint density at radius 3 is 2.90 bits per heavy atom. The Labute approximate surface area is 132 Å². The molecule has 3 rings (SSSR count). The molecule has 3 nitrogen and oxygen atoms in total. The SMILES string of the molecule is Brc1csc(CNCC(c2ccco2)N2CCCC2)c1. The van der Waals surface area contributed by atoms with Crippen molar-refractivity contribution in [1.82, 2.24) is 10.2 Å². The van der Waals surface area contributed by atoms with Crippen LogP contribution in [0.5, 0.6) is 0 Å². The minimum atomic E-state index is 0.357. The minimum Gasteiger partial charge on any atom is -0.468 e. The van der Waals surface area contributed by atoms with Crippen molar-refractivity contribution in [2.75, 3.05) is 19.6 Å². The van der Waals surface area contributed by atoms with Crippen molar-refractivity contribution >= 4 is 27.3 Å². The maximum atomic E-state index is 5.63. The molecule has 0 saturated carbocycles. The van der Waals surface area contributed by atoms with E-state index in [2.05, 4.69) is 43.7 Å². The van der Waals surface area contributed by atoms with E-state index in [1.165, 1.54) is 35.3 Å². The van der Waals surface area contributed by atoms with Gasteiger partial charge in [0.15, 0.2) is 0 Å². The Bertz CT molecular complexity index is 520. The third kappa shape index (κ3) is 3.52. The van der Waals surface area contributed by atoms with Gasteiger partial charge in [0.25, 0.3) is 0 Å². The average molecular weight is 355 g/mol. The lowest BCUT2D eigenvalue weighted by Gasteiger charge is -2.26. The lowest BCUT2D eigenvalue weighted by Crippen LogP contribution is -2.33. The van der Waals surface area contributed by atoms with E-state index in [0.717, 1.165) is 18.8 Å². The van der Waals surface area contributed by atoms with Crippen molar-refractivity contribution in [3.8, 4) is 0 Å². The molecule has 0 aromatic carbocycles. The first-order valence-corrected chi connectivity index (χ1v) is 8.71. The van der Waals surface area contributed by atoms with Crippen molar-refractivity contribution in [2.24, 2.45) is 0 Å². The molecule has 0 amide bonds. The summed E-state index contributed by atoms with van der Waals surface area (Å²) in [6.45, 7) is 4.21. The fraction of sp³-hybridized carbons (Fsp3) is 0.467. The standard InChI is InChI=1S/C15H19BrN2OS/c16-12-8-13(20-11-12)9-17-10-14(15-4-3-7-19-15)18-5-1-2-6-18/h3-4,7-8,11,14,17H,1-2,5-6,9-10H2. The summed E-state index contributed by atoms with van der Waals surface area (Å²) in [4.78, 5) is 3.88. The first-order valence-electron chi connectivity index (χ1n) is 7.04. The summed E-state index contributed by atoms with van der Waals surface area (Å²) in [6, 6.07) is 6.60. The zero-order valence-electron chi connectivity index (χ0n) is 11.3. The van der Waals surface area contributed by atoms with Crippen molar-refractivity contribution in [3.05, 3.63) is 45.0 Å². The smallest absolute Gasteiger partial charge is 0.122 e. The molecule has 5 heteroatoms. The summed E-state index contributed by atoms with van der Waals surface area (Å²) >= 11 is 5.28. The van der Waals surface area contributed by atoms with Crippen molar-refractivity contribution < 1.29 is 4.42 Å². The molecule has 1 saturated heterocycles. The highest BCUT2D eigenvalue weighted by Gasteiger charge is 2.25. The number of rotatable bonds is 6. The van der Waals surface area contributed by atoms with E-state index < -0.39 is 0 Å². The Morgan fingerprint density at radius 1 is 1.40 bits per heavy atom. The van der Waals surface area contributed by atoms with Crippen LogP contribution in [0.25, 0.3) is 0 Å². The molecular weight excluding hydrogens is 336 g/mol. The van der Waals surface area contributed by atoms with E-state index in [1.807, 2.05) is 6.07 Å². The second-order valence-electron chi connectivity index (χ2n) is 5.14. The molecular formula is C15H19BrN2OS. The number of thiophene rings is 1. The third-order valence-corrected chi connectivity index (χ3v) is 5.41. The van der Waals surface area contributed by atoms with Gasteiger partial charge in [0.05, 0.1) is 12.3 Å². The number of likely N-dealkylation sites (tertiary alicyclic amines) is 1. The van der Waals surface area contributed by atoms with E-state index in [0.29, 0.717) is 6.04 Å². The highest BCUT2D eigenvalue weighted by molar-refractivity contribution is 9.10. The van der Waals surface area contributed by atoms with Crippen LogP contribution < -0.4 is 5.32 Å². The summed E-state index contributed by atoms with van der Waals surface area (Å²) in [7, 11) is 0. The second kappa shape index (κ2) is 6.89. The molecule has 0 radical (unpaired) electrons. The van der Waals surface area contributed by atoms with Gasteiger partial charge in [-0.2, -0.15) is 0 Å². The summed E-state index contributed by atoms with van der Waals surface area (Å²) in [5.41, 5.74) is 0. The highest BCUT2D eigenvalue weighted by Crippen LogP contribution is 2.25. The van der Waals surface area contributed by atoms with Gasteiger partial charge in [0.2, 0.25) is 0 Å². The molecule has 0 aliphatic carbocycles. The summed E-state index contributed by atoms with van der Waals surface area (Å²) in [5, 5.41) is 5.69. The van der Waals surface area contributed by atoms with Gasteiger partial charge < -0.3 is 9.73 Å². The van der Waals surface area contributed by atoms with Gasteiger partial charge in [-0.1, -0.05) is 0 Å². The quantitative estimate of drug-likeness (QED) is 0.848. The Kier molecular flexibility index (Phi) is 4.94. The van der Waals surface area contributed by atoms with Gasteiger partial charge in [0.1, 0.15) is 5.76 Å². The molecule has 1 aliphatic heterocycles. The first kappa shape index (κ1) is 14.3. The Hall–Kier alpha value is -0.620. The minimum absolute atomic E-state index is 0.357. The van der Waals surface area contributed by atoms with Crippen LogP contribution in [0, 0.1) is 0 Å². The van der Waals surface area contributed by atoms with Crippen LogP contribution in [0.2, 0.25) is 0 Å². The molecule has 1 atom stereocenters. The van der Waals surface area contributed by atoms with E-state index >= 15 is 0 Å². The summed E-state index contributed by atoms with van der Waals surface area (Å²) in [5.74, 6) is 1.08. The number of hydrogen-bond donors (Lipinski definition) is 1. The van der Waals surface area contributed by atoms with E-state index in [-0.39, 0.29) is 0 Å². The van der Waals surface area contributed by atoms with Crippen LogP contribution >= 0.6 is 27.3 Å². The number of nitrogens with zero attached hydrogens (tertiary/aromatic N) is 1. The molecule has 3 heterocycles. The summed E-state index contributed by atoms with van der Waals surface area (Å²) < 4.78 is 6.80. The zero-order chi connectivity index (χ0) is 13.8. The van der Waals surface area contributed by atoms with E-state index in [4.69, 9.17) is 4.42 Å². The molecule has 1 unspecified atom stereocenters. The molecule has 20 heavy (non-hydrogen) atoms. The average Bonchev–Trinajstić information content (AvgIpc) is 3.18. The number of furan rings is 1. The monoisotopic (exact) mass is 354 g/mol. The Morgan fingerprint density at radius 2 is 2.25 bits per heavy atom. The molecule has 108 valence electrons. The summed E-state index contributed by atoms with van der Waals surface area (Å²) in [6.07, 6.45) is 4.37. The lowest BCUT2D eigenvalue weighted by atomic mass is 10.2. The van der Waals surface area contributed by atoms with Gasteiger partial charge in [-0.3, -0.25) is 4.90 Å². The van der Waals surface area contributed by atoms with Gasteiger partial charge in [-0.25, -0.2) is 0 Å². The third-order valence-electron chi connectivity index (χ3n) is 3.71. The molecule has 0 bridgehead atoms. The number of nitrogens with one attached hydrogen (secondary N) is 1. The van der Waals surface area contributed by atoms with Crippen LogP contribution in [0.4, 0.5) is 0 Å². The van der Waals surface area contributed by atoms with E-state index in [9.17, 15) is 0 Å². The predicted molar refractivity (Wildman–Crippen MR) is 86.0 cm³/mol. The highest BCUT2D eigenvalue weighted by atomic mass is 79.9. The first-order chi connectivity index (χ1) is 9.83. The number of halogens is 1. The fourth-order valence-corrected chi connectivity index (χ4v) is 4.14. The van der Waals surface area contributed by atoms with Crippen LogP contribution in [0.3, 0.4) is 0 Å². The largest absolute Gasteiger partial charge is 0.468 e. The van der Waals surface area contributed by atoms with Crippen molar-refractivity contribution in [3.63, 3.8) is 0 Å². The molecule has 2 aromatic rings. The van der Waals surface area contributed by atoms with E-state index in [1.54, 1.807) is 17.6 Å². The normalized spacial score (nSPS) is 17.6. The van der Waals surface area contributed by atoms with Crippen LogP contribution in [0.1, 0.15) is 29.5 Å². The molecule has 0 spiro atoms. The maximum absolute atomic E-state index is 5.63. The molecule has 1 aliphatic rings. The topological polar surface area (TPSA) is 28.4 Å². The van der Waals surface area contributed by atoms with Crippen molar-refractivity contribution in [2.45, 2.75) is 25.4 Å². The van der Waals surface area contributed by atoms with Gasteiger partial charge in [-0.15, -0.1) is 11.3 Å². The van der Waals surface area contributed by atoms with Crippen LogP contribution in [0.15, 0.2) is 38.7 Å². The molecule has 1 fully saturated rings.